The summed E-state index contributed by atoms with van der Waals surface area (Å²) < 4.78 is 6.94. The summed E-state index contributed by atoms with van der Waals surface area (Å²) in [5.41, 5.74) is 2.08. The molecular weight excluding hydrogens is 617 g/mol. The predicted molar refractivity (Wildman–Crippen MR) is 179 cm³/mol. The van der Waals surface area contributed by atoms with E-state index >= 15 is 0 Å². The normalized spacial score (nSPS) is 21.4. The lowest BCUT2D eigenvalue weighted by molar-refractivity contribution is -0.161. The van der Waals surface area contributed by atoms with Crippen LogP contribution in [0, 0.1) is 11.8 Å². The number of amides is 1. The Morgan fingerprint density at radius 3 is 2.84 bits per heavy atom. The number of hydrogen-bond acceptors (Lipinski definition) is 10. The third-order valence-corrected chi connectivity index (χ3v) is 12.3. The molecule has 1 unspecified atom stereocenters. The van der Waals surface area contributed by atoms with Gasteiger partial charge in [0.15, 0.2) is 0 Å². The van der Waals surface area contributed by atoms with Gasteiger partial charge in [0, 0.05) is 55.5 Å². The highest BCUT2D eigenvalue weighted by atomic mass is 32.2. The number of phenolic OH excluding ortho intramolecular Hbond substituents is 1. The number of nitrogens with one attached hydrogen (secondary N) is 2. The van der Waals surface area contributed by atoms with Gasteiger partial charge in [-0.2, -0.15) is 0 Å². The molecule has 3 aliphatic rings. The van der Waals surface area contributed by atoms with Crippen LogP contribution in [0.25, 0.3) is 10.2 Å². The number of aromatic amines is 1. The lowest BCUT2D eigenvalue weighted by Gasteiger charge is -2.47. The van der Waals surface area contributed by atoms with Gasteiger partial charge in [0.1, 0.15) is 11.3 Å². The first-order valence-electron chi connectivity index (χ1n) is 15.5. The van der Waals surface area contributed by atoms with E-state index in [4.69, 9.17) is 4.74 Å². The zero-order chi connectivity index (χ0) is 30.8. The Hall–Kier alpha value is -2.19. The van der Waals surface area contributed by atoms with Gasteiger partial charge in [-0.15, -0.1) is 23.1 Å². The summed E-state index contributed by atoms with van der Waals surface area (Å²) in [5.74, 6) is 1.64. The maximum atomic E-state index is 13.3. The molecule has 1 spiro atoms. The number of H-pyrrole nitrogens is 1. The van der Waals surface area contributed by atoms with Crippen molar-refractivity contribution in [2.45, 2.75) is 51.4 Å². The first kappa shape index (κ1) is 31.8. The number of fused-ring (bicyclic) bond motifs is 1. The number of aliphatic hydroxyl groups is 1. The Bertz CT molecular complexity index is 1550. The molecule has 12 heteroatoms. The lowest BCUT2D eigenvalue weighted by atomic mass is 9.88. The van der Waals surface area contributed by atoms with Crippen LogP contribution < -0.4 is 10.2 Å². The molecule has 2 fully saturated rings. The summed E-state index contributed by atoms with van der Waals surface area (Å²) in [7, 11) is 0. The van der Waals surface area contributed by atoms with Crippen LogP contribution in [0.1, 0.15) is 48.8 Å². The van der Waals surface area contributed by atoms with E-state index in [2.05, 4.69) is 51.5 Å². The average Bonchev–Trinajstić information content (AvgIpc) is 3.77. The Morgan fingerprint density at radius 1 is 1.25 bits per heavy atom. The fraction of sp³-hybridized carbons (Fsp3) is 0.562. The molecule has 6 rings (SSSR count). The Labute approximate surface area is 270 Å². The van der Waals surface area contributed by atoms with Crippen LogP contribution in [0.2, 0.25) is 0 Å². The molecule has 44 heavy (non-hydrogen) atoms. The zero-order valence-electron chi connectivity index (χ0n) is 25.3. The van der Waals surface area contributed by atoms with Crippen molar-refractivity contribution in [3.05, 3.63) is 60.2 Å². The second-order valence-corrected chi connectivity index (χ2v) is 15.6. The van der Waals surface area contributed by atoms with Gasteiger partial charge in [-0.1, -0.05) is 37.3 Å². The maximum absolute atomic E-state index is 13.3. The van der Waals surface area contributed by atoms with E-state index in [-0.39, 0.29) is 28.0 Å². The van der Waals surface area contributed by atoms with Crippen LogP contribution in [0.5, 0.6) is 5.75 Å². The number of aromatic hydroxyl groups is 1. The largest absolute Gasteiger partial charge is 0.506 e. The van der Waals surface area contributed by atoms with Crippen molar-refractivity contribution >= 4 is 50.6 Å². The fourth-order valence-electron chi connectivity index (χ4n) is 6.41. The number of aromatic nitrogens is 1. The number of thioether (sulfide) groups is 1. The number of thiazole rings is 1. The molecule has 1 aromatic carbocycles. The number of aliphatic hydroxyl groups excluding tert-OH is 1. The first-order chi connectivity index (χ1) is 21.2. The van der Waals surface area contributed by atoms with E-state index in [1.54, 1.807) is 17.4 Å². The third-order valence-electron chi connectivity index (χ3n) is 8.97. The zero-order valence-corrected chi connectivity index (χ0v) is 27.8. The number of benzene rings is 1. The van der Waals surface area contributed by atoms with Crippen molar-refractivity contribution in [1.29, 1.82) is 0 Å². The van der Waals surface area contributed by atoms with E-state index in [0.29, 0.717) is 47.9 Å². The minimum Gasteiger partial charge on any atom is -0.506 e. The highest BCUT2D eigenvalue weighted by Crippen LogP contribution is 2.37. The molecule has 0 bridgehead atoms. The van der Waals surface area contributed by atoms with Crippen molar-refractivity contribution < 1.29 is 19.7 Å². The third kappa shape index (κ3) is 7.11. The number of morpholine rings is 1. The summed E-state index contributed by atoms with van der Waals surface area (Å²) >= 11 is 4.63. The van der Waals surface area contributed by atoms with Crippen LogP contribution in [-0.4, -0.2) is 88.1 Å². The molecule has 9 nitrogen and oxygen atoms in total. The van der Waals surface area contributed by atoms with Crippen molar-refractivity contribution in [2.75, 3.05) is 51.6 Å². The molecule has 2 saturated heterocycles. The van der Waals surface area contributed by atoms with E-state index < -0.39 is 6.10 Å². The topological polar surface area (TPSA) is 118 Å². The first-order valence-corrected chi connectivity index (χ1v) is 18.2. The average molecular weight is 659 g/mol. The maximum Gasteiger partial charge on any atom is 0.305 e. The molecule has 2 aromatic heterocycles. The van der Waals surface area contributed by atoms with Crippen molar-refractivity contribution in [2.24, 2.45) is 11.8 Å². The van der Waals surface area contributed by atoms with E-state index in [0.717, 1.165) is 62.5 Å². The molecule has 3 aromatic rings. The van der Waals surface area contributed by atoms with E-state index in [1.165, 1.54) is 21.4 Å². The standard InChI is InChI=1S/C32H42N4O5S3/c1-20(2)27-14-22(18-43-27)30(39)36-11-12-41-32(19-36)6-9-35(10-7-32)16-23-13-21(17-42-23)5-8-33-15-26(38)24-3-4-25(37)28-29(24)44-31(40)34-28/h3-4,13-14,17,20,22,26,33,37-38H,5-12,15-16,18-19H2,1-2H3,(H,34,40)/t22?,26-/m0/s1. The van der Waals surface area contributed by atoms with Crippen LogP contribution in [0.4, 0.5) is 0 Å². The van der Waals surface area contributed by atoms with Gasteiger partial charge in [-0.3, -0.25) is 14.5 Å². The number of piperidine rings is 1. The van der Waals surface area contributed by atoms with Gasteiger partial charge in [0.05, 0.1) is 28.9 Å². The Morgan fingerprint density at radius 2 is 2.07 bits per heavy atom. The van der Waals surface area contributed by atoms with Crippen molar-refractivity contribution in [3.8, 4) is 5.75 Å². The quantitative estimate of drug-likeness (QED) is 0.238. The molecule has 238 valence electrons. The highest BCUT2D eigenvalue weighted by Gasteiger charge is 2.42. The number of carbonyl (C=O) groups excluding carboxylic acids is 1. The number of likely N-dealkylation sites (tertiary alicyclic amines) is 1. The molecule has 4 N–H and O–H groups in total. The molecule has 2 atom stereocenters. The van der Waals surface area contributed by atoms with Gasteiger partial charge >= 0.3 is 4.87 Å². The van der Waals surface area contributed by atoms with Crippen molar-refractivity contribution in [1.82, 2.24) is 20.1 Å². The number of allylic oxidation sites excluding steroid dienone is 1. The summed E-state index contributed by atoms with van der Waals surface area (Å²) in [6.07, 6.45) is 4.17. The summed E-state index contributed by atoms with van der Waals surface area (Å²) in [6.45, 7) is 10.4. The van der Waals surface area contributed by atoms with Gasteiger partial charge in [0.2, 0.25) is 5.91 Å². The number of nitrogens with zero attached hydrogens (tertiary/aromatic N) is 2. The highest BCUT2D eigenvalue weighted by molar-refractivity contribution is 8.03. The van der Waals surface area contributed by atoms with Crippen molar-refractivity contribution in [3.63, 3.8) is 0 Å². The molecule has 1 amide bonds. The number of rotatable bonds is 10. The SMILES string of the molecule is CC(C)C1=CC(C(=O)N2CCOC3(CCN(Cc4cc(CCNC[C@H](O)c5ccc(O)c6[nH]c(=O)sc56)cs4)CC3)C2)CS1. The minimum atomic E-state index is -0.778. The number of ether oxygens (including phenoxy) is 1. The molecule has 0 radical (unpaired) electrons. The van der Waals surface area contributed by atoms with Gasteiger partial charge in [0.25, 0.3) is 0 Å². The predicted octanol–water partition coefficient (Wildman–Crippen LogP) is 4.32. The Kier molecular flexibility index (Phi) is 9.87. The minimum absolute atomic E-state index is 0.00410. The number of carbonyl (C=O) groups is 1. The smallest absolute Gasteiger partial charge is 0.305 e. The van der Waals surface area contributed by atoms with Crippen LogP contribution in [0.3, 0.4) is 0 Å². The molecule has 0 aliphatic carbocycles. The van der Waals surface area contributed by atoms with Crippen LogP contribution in [0.15, 0.2) is 39.4 Å². The van der Waals surface area contributed by atoms with Crippen LogP contribution in [-0.2, 0) is 22.5 Å². The molecule has 3 aliphatic heterocycles. The second kappa shape index (κ2) is 13.7. The van der Waals surface area contributed by atoms with E-state index in [9.17, 15) is 19.8 Å². The van der Waals surface area contributed by atoms with Gasteiger partial charge in [-0.25, -0.2) is 0 Å². The number of hydrogen-bond donors (Lipinski definition) is 4. The Balaban J connectivity index is 0.938. The molecular formula is C32H42N4O5S3. The summed E-state index contributed by atoms with van der Waals surface area (Å²) in [4.78, 5) is 34.7. The fourth-order valence-corrected chi connectivity index (χ4v) is 9.50. The van der Waals surface area contributed by atoms with Crippen LogP contribution >= 0.6 is 34.4 Å². The van der Waals surface area contributed by atoms with Gasteiger partial charge in [-0.05, 0) is 59.7 Å². The molecule has 0 saturated carbocycles. The van der Waals surface area contributed by atoms with Gasteiger partial charge < -0.3 is 30.2 Å². The van der Waals surface area contributed by atoms with E-state index in [1.807, 2.05) is 11.8 Å². The molecule has 5 heterocycles. The second-order valence-electron chi connectivity index (χ2n) is 12.5. The summed E-state index contributed by atoms with van der Waals surface area (Å²) in [5, 5.41) is 26.3. The summed E-state index contributed by atoms with van der Waals surface area (Å²) in [6, 6.07) is 5.46. The monoisotopic (exact) mass is 658 g/mol. The number of phenols is 1. The number of thiophene rings is 1. The lowest BCUT2D eigenvalue weighted by Crippen LogP contribution is -2.58.